The number of rotatable bonds is 6. The minimum absolute atomic E-state index is 0.0308. The van der Waals surface area contributed by atoms with Gasteiger partial charge in [0.2, 0.25) is 0 Å². The van der Waals surface area contributed by atoms with Gasteiger partial charge in [-0.3, -0.25) is 0 Å². The molecule has 0 spiro atoms. The molecule has 0 aliphatic heterocycles. The van der Waals surface area contributed by atoms with E-state index in [2.05, 4.69) is 5.32 Å². The molecule has 0 heterocycles. The fraction of sp³-hybridized carbons (Fsp3) is 0.538. The number of alkyl halides is 3. The number of halogens is 4. The van der Waals surface area contributed by atoms with Crippen LogP contribution < -0.4 is 5.32 Å². The standard InChI is InChI=1S/C13H17F4NO2/c1-8(12(19-2)20-3)18-7-9-4-5-10(14)6-11(9)13(15,16)17/h4-6,8,12,18H,7H2,1-3H3. The van der Waals surface area contributed by atoms with Crippen LogP contribution >= 0.6 is 0 Å². The lowest BCUT2D eigenvalue weighted by molar-refractivity contribution is -0.138. The lowest BCUT2D eigenvalue weighted by Gasteiger charge is -2.23. The third-order valence-corrected chi connectivity index (χ3v) is 2.86. The minimum Gasteiger partial charge on any atom is -0.354 e. The maximum atomic E-state index is 13.0. The molecule has 0 saturated carbocycles. The highest BCUT2D eigenvalue weighted by atomic mass is 19.4. The second-order valence-electron chi connectivity index (χ2n) is 4.31. The highest BCUT2D eigenvalue weighted by molar-refractivity contribution is 5.30. The molecule has 7 heteroatoms. The lowest BCUT2D eigenvalue weighted by atomic mass is 10.1. The van der Waals surface area contributed by atoms with E-state index in [1.54, 1.807) is 6.92 Å². The summed E-state index contributed by atoms with van der Waals surface area (Å²) in [5, 5.41) is 2.86. The Hall–Kier alpha value is -1.18. The van der Waals surface area contributed by atoms with E-state index in [4.69, 9.17) is 9.47 Å². The van der Waals surface area contributed by atoms with Crippen LogP contribution in [0.25, 0.3) is 0 Å². The molecule has 0 fully saturated rings. The van der Waals surface area contributed by atoms with Crippen molar-refractivity contribution in [3.63, 3.8) is 0 Å². The highest BCUT2D eigenvalue weighted by Crippen LogP contribution is 2.32. The van der Waals surface area contributed by atoms with Crippen molar-refractivity contribution in [2.75, 3.05) is 14.2 Å². The second-order valence-corrected chi connectivity index (χ2v) is 4.31. The largest absolute Gasteiger partial charge is 0.416 e. The molecule has 1 aromatic rings. The van der Waals surface area contributed by atoms with E-state index >= 15 is 0 Å². The number of hydrogen-bond acceptors (Lipinski definition) is 3. The summed E-state index contributed by atoms with van der Waals surface area (Å²) in [6.07, 6.45) is -5.17. The summed E-state index contributed by atoms with van der Waals surface area (Å²) >= 11 is 0. The Bertz CT molecular complexity index is 433. The minimum atomic E-state index is -4.59. The first-order valence-corrected chi connectivity index (χ1v) is 5.94. The van der Waals surface area contributed by atoms with Crippen molar-refractivity contribution in [1.29, 1.82) is 0 Å². The first kappa shape index (κ1) is 16.9. The molecule has 0 amide bonds. The predicted octanol–water partition coefficient (Wildman–Crippen LogP) is 2.94. The van der Waals surface area contributed by atoms with E-state index in [-0.39, 0.29) is 18.2 Å². The summed E-state index contributed by atoms with van der Waals surface area (Å²) in [7, 11) is 2.87. The second kappa shape index (κ2) is 7.01. The molecule has 1 aromatic carbocycles. The molecule has 114 valence electrons. The molecule has 1 N–H and O–H groups in total. The van der Waals surface area contributed by atoms with Gasteiger partial charge in [0.25, 0.3) is 0 Å². The topological polar surface area (TPSA) is 30.5 Å². The van der Waals surface area contributed by atoms with E-state index in [0.717, 1.165) is 12.1 Å². The molecule has 1 atom stereocenters. The summed E-state index contributed by atoms with van der Waals surface area (Å²) in [5.41, 5.74) is -1.01. The van der Waals surface area contributed by atoms with Crippen LogP contribution in [0.2, 0.25) is 0 Å². The molecule has 1 rings (SSSR count). The van der Waals surface area contributed by atoms with Gasteiger partial charge in [-0.05, 0) is 24.6 Å². The number of ether oxygens (including phenoxy) is 2. The number of benzene rings is 1. The molecular formula is C13H17F4NO2. The first-order chi connectivity index (χ1) is 9.29. The van der Waals surface area contributed by atoms with Crippen LogP contribution in [0.1, 0.15) is 18.1 Å². The maximum absolute atomic E-state index is 13.0. The van der Waals surface area contributed by atoms with E-state index < -0.39 is 23.8 Å². The van der Waals surface area contributed by atoms with Crippen LogP contribution in [0, 0.1) is 5.82 Å². The van der Waals surface area contributed by atoms with Gasteiger partial charge in [0.05, 0.1) is 11.6 Å². The molecule has 20 heavy (non-hydrogen) atoms. The normalized spacial score (nSPS) is 13.8. The summed E-state index contributed by atoms with van der Waals surface area (Å²) < 4.78 is 61.4. The Morgan fingerprint density at radius 3 is 2.30 bits per heavy atom. The molecule has 0 bridgehead atoms. The molecule has 0 radical (unpaired) electrons. The maximum Gasteiger partial charge on any atom is 0.416 e. The van der Waals surface area contributed by atoms with Gasteiger partial charge in [0, 0.05) is 20.8 Å². The highest BCUT2D eigenvalue weighted by Gasteiger charge is 2.33. The smallest absolute Gasteiger partial charge is 0.354 e. The van der Waals surface area contributed by atoms with Crippen molar-refractivity contribution in [2.24, 2.45) is 0 Å². The van der Waals surface area contributed by atoms with Crippen LogP contribution in [0.3, 0.4) is 0 Å². The summed E-state index contributed by atoms with van der Waals surface area (Å²) in [6, 6.07) is 2.29. The van der Waals surface area contributed by atoms with Crippen LogP contribution in [0.15, 0.2) is 18.2 Å². The molecule has 0 saturated heterocycles. The van der Waals surface area contributed by atoms with Crippen molar-refractivity contribution in [3.05, 3.63) is 35.1 Å². The van der Waals surface area contributed by atoms with Crippen LogP contribution in [0.4, 0.5) is 17.6 Å². The van der Waals surface area contributed by atoms with Gasteiger partial charge in [0.15, 0.2) is 6.29 Å². The van der Waals surface area contributed by atoms with Crippen LogP contribution in [-0.2, 0) is 22.2 Å². The Kier molecular flexibility index (Phi) is 5.91. The monoisotopic (exact) mass is 295 g/mol. The van der Waals surface area contributed by atoms with Crippen molar-refractivity contribution in [3.8, 4) is 0 Å². The fourth-order valence-electron chi connectivity index (χ4n) is 1.84. The van der Waals surface area contributed by atoms with Crippen LogP contribution in [0.5, 0.6) is 0 Å². The first-order valence-electron chi connectivity index (χ1n) is 5.94. The molecule has 3 nitrogen and oxygen atoms in total. The fourth-order valence-corrected chi connectivity index (χ4v) is 1.84. The van der Waals surface area contributed by atoms with E-state index in [0.29, 0.717) is 6.07 Å². The predicted molar refractivity (Wildman–Crippen MR) is 65.5 cm³/mol. The Morgan fingerprint density at radius 2 is 1.80 bits per heavy atom. The van der Waals surface area contributed by atoms with E-state index in [1.165, 1.54) is 14.2 Å². The van der Waals surface area contributed by atoms with Crippen molar-refractivity contribution >= 4 is 0 Å². The summed E-state index contributed by atoms with van der Waals surface area (Å²) in [5.74, 6) is -0.916. The van der Waals surface area contributed by atoms with E-state index in [9.17, 15) is 17.6 Å². The molecule has 0 aromatic heterocycles. The van der Waals surface area contributed by atoms with Gasteiger partial charge in [-0.15, -0.1) is 0 Å². The van der Waals surface area contributed by atoms with Gasteiger partial charge >= 0.3 is 6.18 Å². The summed E-state index contributed by atoms with van der Waals surface area (Å²) in [4.78, 5) is 0. The van der Waals surface area contributed by atoms with Crippen molar-refractivity contribution < 1.29 is 27.0 Å². The SMILES string of the molecule is COC(OC)C(C)NCc1ccc(F)cc1C(F)(F)F. The van der Waals surface area contributed by atoms with Gasteiger partial charge in [-0.25, -0.2) is 4.39 Å². The number of nitrogens with one attached hydrogen (secondary N) is 1. The lowest BCUT2D eigenvalue weighted by Crippen LogP contribution is -2.39. The average Bonchev–Trinajstić information content (AvgIpc) is 2.37. The number of hydrogen-bond donors (Lipinski definition) is 1. The number of methoxy groups -OCH3 is 2. The molecule has 0 aliphatic carbocycles. The molecule has 0 aliphatic rings. The van der Waals surface area contributed by atoms with Gasteiger partial charge < -0.3 is 14.8 Å². The van der Waals surface area contributed by atoms with Crippen molar-refractivity contribution in [1.82, 2.24) is 5.32 Å². The third-order valence-electron chi connectivity index (χ3n) is 2.86. The van der Waals surface area contributed by atoms with Gasteiger partial charge in [-0.1, -0.05) is 6.07 Å². The Morgan fingerprint density at radius 1 is 1.20 bits per heavy atom. The van der Waals surface area contributed by atoms with E-state index in [1.807, 2.05) is 0 Å². The Labute approximate surface area is 114 Å². The zero-order valence-corrected chi connectivity index (χ0v) is 11.4. The molecule has 1 unspecified atom stereocenters. The third kappa shape index (κ3) is 4.43. The summed E-state index contributed by atoms with van der Waals surface area (Å²) in [6.45, 7) is 1.65. The quantitative estimate of drug-likeness (QED) is 0.646. The van der Waals surface area contributed by atoms with Crippen LogP contribution in [-0.4, -0.2) is 26.6 Å². The van der Waals surface area contributed by atoms with Gasteiger partial charge in [0.1, 0.15) is 5.82 Å². The average molecular weight is 295 g/mol. The van der Waals surface area contributed by atoms with Gasteiger partial charge in [-0.2, -0.15) is 13.2 Å². The zero-order valence-electron chi connectivity index (χ0n) is 11.4. The molecular weight excluding hydrogens is 278 g/mol. The van der Waals surface area contributed by atoms with Crippen molar-refractivity contribution in [2.45, 2.75) is 32.0 Å². The Balaban J connectivity index is 2.83. The zero-order chi connectivity index (χ0) is 15.3.